The number of nitrogens with zero attached hydrogens (tertiary/aromatic N) is 10. The fourth-order valence-electron chi connectivity index (χ4n) is 5.38. The number of alkyl halides is 1. The minimum absolute atomic E-state index is 0.00668. The molecule has 0 aliphatic rings. The number of hydrogen-bond acceptors (Lipinski definition) is 13. The van der Waals surface area contributed by atoms with Gasteiger partial charge in [0.15, 0.2) is 0 Å². The number of anilines is 2. The lowest BCUT2D eigenvalue weighted by Crippen LogP contribution is -2.31. The van der Waals surface area contributed by atoms with Gasteiger partial charge >= 0.3 is 24.4 Å². The summed E-state index contributed by atoms with van der Waals surface area (Å²) in [5.74, 6) is 0.521. The quantitative estimate of drug-likeness (QED) is 0.0461. The van der Waals surface area contributed by atoms with Crippen LogP contribution in [0.15, 0.2) is 72.2 Å². The number of nitrogens with one attached hydrogen (secondary N) is 2. The summed E-state index contributed by atoms with van der Waals surface area (Å²) in [6.45, 7) is 20.9. The predicted octanol–water partition coefficient (Wildman–Crippen LogP) is 11.1. The minimum atomic E-state index is -0.757. The Labute approximate surface area is 376 Å². The molecule has 0 fully saturated rings. The number of carbonyl (C=O) groups is 4. The fourth-order valence-corrected chi connectivity index (χ4v) is 5.52. The van der Waals surface area contributed by atoms with E-state index < -0.39 is 46.8 Å². The average molecular weight is 903 g/mol. The number of rotatable bonds is 9. The minimum Gasteiger partial charge on any atom is -0.444 e. The van der Waals surface area contributed by atoms with Crippen molar-refractivity contribution >= 4 is 53.6 Å². The third-order valence-electron chi connectivity index (χ3n) is 7.76. The maximum absolute atomic E-state index is 13.1. The van der Waals surface area contributed by atoms with E-state index in [0.717, 1.165) is 28.8 Å². The average Bonchev–Trinajstić information content (AvgIpc) is 3.91. The van der Waals surface area contributed by atoms with Crippen LogP contribution in [0.4, 0.5) is 36.8 Å². The van der Waals surface area contributed by atoms with Gasteiger partial charge in [-0.2, -0.15) is 0 Å². The van der Waals surface area contributed by atoms with Crippen molar-refractivity contribution in [3.63, 3.8) is 0 Å². The second-order valence-electron chi connectivity index (χ2n) is 18.0. The van der Waals surface area contributed by atoms with Gasteiger partial charge in [0.05, 0.1) is 41.4 Å². The predicted molar refractivity (Wildman–Crippen MR) is 241 cm³/mol. The molecule has 5 rings (SSSR count). The van der Waals surface area contributed by atoms with Crippen LogP contribution in [0.5, 0.6) is 0 Å². The van der Waals surface area contributed by atoms with E-state index in [9.17, 15) is 19.2 Å². The monoisotopic (exact) mass is 902 g/mol. The molecule has 3 heterocycles. The first-order valence-electron chi connectivity index (χ1n) is 20.1. The molecule has 2 amide bonds. The van der Waals surface area contributed by atoms with Crippen LogP contribution in [0.25, 0.3) is 38.6 Å². The molecule has 0 bridgehead atoms. The molecule has 0 atom stereocenters. The topological polar surface area (TPSA) is 244 Å². The summed E-state index contributed by atoms with van der Waals surface area (Å²) in [6.07, 6.45) is 3.48. The van der Waals surface area contributed by atoms with Crippen molar-refractivity contribution in [2.75, 3.05) is 16.5 Å². The summed E-state index contributed by atoms with van der Waals surface area (Å²) in [6, 6.07) is 13.9. The van der Waals surface area contributed by atoms with Gasteiger partial charge in [0.1, 0.15) is 22.4 Å². The molecule has 342 valence electrons. The smallest absolute Gasteiger partial charge is 0.421 e. The molecule has 64 heavy (non-hydrogen) atoms. The number of aryl methyl sites for hydroxylation is 1. The molecule has 2 N–H and O–H groups in total. The van der Waals surface area contributed by atoms with E-state index >= 15 is 0 Å². The SMILES string of the molecule is CC(C)(C)OC(=O)Nc1ncc(-c2ccc(-n3cc(CCCCl)nn3)cc2)n1C(=O)OC(C)(C)C.CC(C)(C)OC(=O)Nc1ncc(-c2ccc(N=[N+]=[N-])cc2)n1C(=O)OC(C)(C)C. The molecule has 2 aromatic carbocycles. The molecule has 0 radical (unpaired) electrons. The van der Waals surface area contributed by atoms with Gasteiger partial charge < -0.3 is 18.9 Å². The summed E-state index contributed by atoms with van der Waals surface area (Å²) in [7, 11) is 0. The maximum atomic E-state index is 13.1. The van der Waals surface area contributed by atoms with Crippen molar-refractivity contribution in [1.29, 1.82) is 0 Å². The highest BCUT2D eigenvalue weighted by Gasteiger charge is 2.28. The van der Waals surface area contributed by atoms with Crippen LogP contribution in [0.2, 0.25) is 0 Å². The summed E-state index contributed by atoms with van der Waals surface area (Å²) < 4.78 is 25.6. The van der Waals surface area contributed by atoms with Gasteiger partial charge in [-0.1, -0.05) is 46.7 Å². The van der Waals surface area contributed by atoms with Gasteiger partial charge in [-0.05, 0) is 114 Å². The zero-order valence-corrected chi connectivity index (χ0v) is 38.8. The first-order valence-corrected chi connectivity index (χ1v) is 20.6. The van der Waals surface area contributed by atoms with E-state index in [1.807, 2.05) is 30.5 Å². The van der Waals surface area contributed by atoms with E-state index in [1.165, 1.54) is 17.0 Å². The second-order valence-corrected chi connectivity index (χ2v) is 18.4. The number of imidazole rings is 2. The van der Waals surface area contributed by atoms with Crippen LogP contribution in [-0.2, 0) is 25.4 Å². The molecule has 0 saturated heterocycles. The Balaban J connectivity index is 0.000000286. The van der Waals surface area contributed by atoms with Crippen LogP contribution in [0, 0.1) is 0 Å². The Morgan fingerprint density at radius 2 is 1.09 bits per heavy atom. The number of amides is 2. The first kappa shape index (κ1) is 49.7. The summed E-state index contributed by atoms with van der Waals surface area (Å²) in [4.78, 5) is 61.5. The molecular formula is C43H55ClN12O8. The van der Waals surface area contributed by atoms with Crippen LogP contribution in [0.1, 0.15) is 95.2 Å². The summed E-state index contributed by atoms with van der Waals surface area (Å²) in [5, 5.41) is 16.9. The Kier molecular flexibility index (Phi) is 15.9. The Morgan fingerprint density at radius 1 is 0.672 bits per heavy atom. The second kappa shape index (κ2) is 20.5. The molecule has 0 spiro atoms. The van der Waals surface area contributed by atoms with Gasteiger partial charge in [-0.3, -0.25) is 10.6 Å². The van der Waals surface area contributed by atoms with Crippen molar-refractivity contribution in [1.82, 2.24) is 34.1 Å². The zero-order valence-electron chi connectivity index (χ0n) is 38.1. The van der Waals surface area contributed by atoms with Crippen LogP contribution < -0.4 is 10.6 Å². The first-order chi connectivity index (χ1) is 29.8. The Bertz CT molecular complexity index is 2460. The van der Waals surface area contributed by atoms with Gasteiger partial charge in [-0.25, -0.2) is 43.0 Å². The molecule has 20 nitrogen and oxygen atoms in total. The van der Waals surface area contributed by atoms with Crippen molar-refractivity contribution in [3.05, 3.63) is 83.3 Å². The molecular weight excluding hydrogens is 848 g/mol. The van der Waals surface area contributed by atoms with Crippen molar-refractivity contribution in [2.24, 2.45) is 5.11 Å². The van der Waals surface area contributed by atoms with E-state index in [2.05, 4.69) is 40.9 Å². The molecule has 0 saturated carbocycles. The highest BCUT2D eigenvalue weighted by Crippen LogP contribution is 2.29. The highest BCUT2D eigenvalue weighted by atomic mass is 35.5. The lowest BCUT2D eigenvalue weighted by Gasteiger charge is -2.22. The Morgan fingerprint density at radius 3 is 1.48 bits per heavy atom. The van der Waals surface area contributed by atoms with Gasteiger partial charge in [0.2, 0.25) is 11.9 Å². The van der Waals surface area contributed by atoms with Gasteiger partial charge in [0, 0.05) is 27.6 Å². The zero-order chi connectivity index (χ0) is 47.6. The Hall–Kier alpha value is -6.92. The van der Waals surface area contributed by atoms with Gasteiger partial charge in [-0.15, -0.1) is 16.7 Å². The largest absolute Gasteiger partial charge is 0.444 e. The number of carbonyl (C=O) groups excluding carboxylic acids is 4. The summed E-state index contributed by atoms with van der Waals surface area (Å²) in [5.41, 5.74) is 9.80. The van der Waals surface area contributed by atoms with Crippen molar-refractivity contribution in [3.8, 4) is 28.2 Å². The molecule has 5 aromatic rings. The molecule has 0 unspecified atom stereocenters. The third kappa shape index (κ3) is 15.2. The third-order valence-corrected chi connectivity index (χ3v) is 8.03. The molecule has 0 aliphatic carbocycles. The van der Waals surface area contributed by atoms with Crippen LogP contribution >= 0.6 is 11.6 Å². The highest BCUT2D eigenvalue weighted by molar-refractivity contribution is 6.17. The van der Waals surface area contributed by atoms with Crippen molar-refractivity contribution in [2.45, 2.75) is 118 Å². The van der Waals surface area contributed by atoms with Crippen LogP contribution in [0.3, 0.4) is 0 Å². The number of aromatic nitrogens is 7. The number of halogens is 1. The molecule has 3 aromatic heterocycles. The van der Waals surface area contributed by atoms with E-state index in [0.29, 0.717) is 34.1 Å². The van der Waals surface area contributed by atoms with E-state index in [-0.39, 0.29) is 11.9 Å². The number of ether oxygens (including phenoxy) is 4. The van der Waals surface area contributed by atoms with Crippen LogP contribution in [-0.4, -0.2) is 86.8 Å². The summed E-state index contributed by atoms with van der Waals surface area (Å²) >= 11 is 5.75. The number of benzene rings is 2. The van der Waals surface area contributed by atoms with Gasteiger partial charge in [0.25, 0.3) is 0 Å². The standard InChI is InChI=1S/C24H31ClN6O4.C19H24N6O4/c1-23(2,3)34-21(32)27-20-26-14-19(31(20)22(33)35-24(4,5)6)16-9-11-18(12-10-16)30-15-17(28-29-30)8-7-13-25;1-18(2,3)28-16(26)22-15-21-11-14(25(15)17(27)29-19(4,5)6)12-7-9-13(10-8-12)23-24-20/h9-12,14-15H,7-8,13H2,1-6H3,(H,26,27,32);7-11H,1-6H3,(H,21,22,26). The van der Waals surface area contributed by atoms with E-state index in [4.69, 9.17) is 36.1 Å². The lowest BCUT2D eigenvalue weighted by molar-refractivity contribution is 0.0526. The normalized spacial score (nSPS) is 11.6. The maximum Gasteiger partial charge on any atom is 0.421 e. The number of hydrogen-bond donors (Lipinski definition) is 2. The lowest BCUT2D eigenvalue weighted by atomic mass is 10.1. The number of azide groups is 1. The molecule has 21 heteroatoms. The fraction of sp³-hybridized carbons (Fsp3) is 0.442. The van der Waals surface area contributed by atoms with Crippen molar-refractivity contribution < 1.29 is 38.1 Å². The van der Waals surface area contributed by atoms with E-state index in [1.54, 1.807) is 112 Å². The molecule has 0 aliphatic heterocycles.